The van der Waals surface area contributed by atoms with Crippen molar-refractivity contribution in [2.24, 2.45) is 0 Å². The molecule has 5 nitrogen and oxygen atoms in total. The minimum absolute atomic E-state index is 0.0859. The molecule has 24 heavy (non-hydrogen) atoms. The number of hydrogen-bond acceptors (Lipinski definition) is 3. The molecule has 2 fully saturated rings. The third-order valence-electron chi connectivity index (χ3n) is 4.76. The molecule has 3 rings (SSSR count). The molecule has 2 saturated heterocycles. The molecular weight excluding hydrogens is 392 g/mol. The van der Waals surface area contributed by atoms with Gasteiger partial charge in [0.2, 0.25) is 10.0 Å². The van der Waals surface area contributed by atoms with Crippen molar-refractivity contribution in [1.29, 1.82) is 0 Å². The van der Waals surface area contributed by atoms with Crippen LogP contribution in [0.5, 0.6) is 0 Å². The summed E-state index contributed by atoms with van der Waals surface area (Å²) in [4.78, 5) is 14.8. The number of benzene rings is 1. The van der Waals surface area contributed by atoms with E-state index < -0.39 is 10.0 Å². The van der Waals surface area contributed by atoms with E-state index in [-0.39, 0.29) is 10.8 Å². The highest BCUT2D eigenvalue weighted by atomic mass is 79.9. The van der Waals surface area contributed by atoms with Crippen LogP contribution in [0.3, 0.4) is 0 Å². The van der Waals surface area contributed by atoms with Crippen molar-refractivity contribution in [3.05, 3.63) is 28.2 Å². The first-order chi connectivity index (χ1) is 11.5. The maximum Gasteiger partial charge on any atom is 0.255 e. The van der Waals surface area contributed by atoms with Crippen LogP contribution in [0.2, 0.25) is 0 Å². The van der Waals surface area contributed by atoms with Gasteiger partial charge in [-0.1, -0.05) is 6.42 Å². The molecule has 132 valence electrons. The lowest BCUT2D eigenvalue weighted by atomic mass is 10.1. The number of rotatable bonds is 3. The summed E-state index contributed by atoms with van der Waals surface area (Å²) < 4.78 is 27.9. The second-order valence-electron chi connectivity index (χ2n) is 6.46. The van der Waals surface area contributed by atoms with Crippen LogP contribution in [0.25, 0.3) is 0 Å². The van der Waals surface area contributed by atoms with Gasteiger partial charge in [-0.15, -0.1) is 0 Å². The molecule has 2 aliphatic rings. The van der Waals surface area contributed by atoms with Crippen LogP contribution in [0.15, 0.2) is 27.6 Å². The maximum atomic E-state index is 12.8. The van der Waals surface area contributed by atoms with Gasteiger partial charge >= 0.3 is 0 Å². The molecule has 1 amide bonds. The zero-order valence-corrected chi connectivity index (χ0v) is 16.1. The molecule has 7 heteroatoms. The van der Waals surface area contributed by atoms with Gasteiger partial charge in [-0.2, -0.15) is 4.31 Å². The van der Waals surface area contributed by atoms with Crippen LogP contribution in [0, 0.1) is 0 Å². The third kappa shape index (κ3) is 3.68. The number of hydrogen-bond donors (Lipinski definition) is 0. The van der Waals surface area contributed by atoms with E-state index in [2.05, 4.69) is 15.9 Å². The minimum atomic E-state index is -3.52. The first kappa shape index (κ1) is 17.9. The highest BCUT2D eigenvalue weighted by molar-refractivity contribution is 9.10. The van der Waals surface area contributed by atoms with E-state index >= 15 is 0 Å². The average Bonchev–Trinajstić information content (AvgIpc) is 2.63. The molecule has 0 aromatic heterocycles. The van der Waals surface area contributed by atoms with Crippen LogP contribution in [-0.2, 0) is 10.0 Å². The maximum absolute atomic E-state index is 12.8. The molecule has 2 heterocycles. The second kappa shape index (κ2) is 7.54. The Hall–Kier alpha value is -0.920. The number of piperidine rings is 2. The predicted octanol–water partition coefficient (Wildman–Crippen LogP) is 3.25. The van der Waals surface area contributed by atoms with Crippen LogP contribution in [0.4, 0.5) is 0 Å². The Morgan fingerprint density at radius 1 is 0.917 bits per heavy atom. The zero-order chi connectivity index (χ0) is 17.2. The highest BCUT2D eigenvalue weighted by Gasteiger charge is 2.28. The second-order valence-corrected chi connectivity index (χ2v) is 9.25. The summed E-state index contributed by atoms with van der Waals surface area (Å²) in [6.45, 7) is 2.62. The van der Waals surface area contributed by atoms with Crippen LogP contribution in [0.1, 0.15) is 48.9 Å². The fourth-order valence-corrected chi connectivity index (χ4v) is 5.31. The lowest BCUT2D eigenvalue weighted by Crippen LogP contribution is -2.37. The topological polar surface area (TPSA) is 57.7 Å². The van der Waals surface area contributed by atoms with E-state index in [1.54, 1.807) is 12.1 Å². The Balaban J connectivity index is 1.89. The van der Waals surface area contributed by atoms with Gasteiger partial charge in [0.15, 0.2) is 0 Å². The van der Waals surface area contributed by atoms with Gasteiger partial charge in [-0.05, 0) is 66.2 Å². The van der Waals surface area contributed by atoms with Crippen LogP contribution >= 0.6 is 15.9 Å². The highest BCUT2D eigenvalue weighted by Crippen LogP contribution is 2.27. The van der Waals surface area contributed by atoms with Crippen LogP contribution < -0.4 is 0 Å². The van der Waals surface area contributed by atoms with Gasteiger partial charge in [-0.3, -0.25) is 4.79 Å². The van der Waals surface area contributed by atoms with Crippen molar-refractivity contribution in [3.8, 4) is 0 Å². The Kier molecular flexibility index (Phi) is 5.62. The number of sulfonamides is 1. The Morgan fingerprint density at radius 3 is 2.12 bits per heavy atom. The average molecular weight is 415 g/mol. The number of carbonyl (C=O) groups excluding carboxylic acids is 1. The normalized spacial score (nSPS) is 20.1. The molecule has 1 aromatic carbocycles. The fraction of sp³-hybridized carbons (Fsp3) is 0.588. The standard InChI is InChI=1S/C17H23BrN2O3S/c18-16-8-7-14(24(22,23)20-11-5-2-6-12-20)13-15(16)17(21)19-9-3-1-4-10-19/h7-8,13H,1-6,9-12H2. The summed E-state index contributed by atoms with van der Waals surface area (Å²) in [6, 6.07) is 4.79. The molecule has 0 saturated carbocycles. The fourth-order valence-electron chi connectivity index (χ4n) is 3.35. The van der Waals surface area contributed by atoms with Crippen LogP contribution in [-0.4, -0.2) is 49.7 Å². The minimum Gasteiger partial charge on any atom is -0.339 e. The van der Waals surface area contributed by atoms with E-state index in [1.807, 2.05) is 4.90 Å². The molecule has 0 N–H and O–H groups in total. The van der Waals surface area contributed by atoms with Crippen molar-refractivity contribution in [3.63, 3.8) is 0 Å². The van der Waals surface area contributed by atoms with E-state index in [0.29, 0.717) is 23.1 Å². The van der Waals surface area contributed by atoms with E-state index in [9.17, 15) is 13.2 Å². The molecule has 0 atom stereocenters. The van der Waals surface area contributed by atoms with Gasteiger partial charge in [0, 0.05) is 30.7 Å². The Bertz CT molecular complexity index is 709. The number of likely N-dealkylation sites (tertiary alicyclic amines) is 1. The number of amides is 1. The van der Waals surface area contributed by atoms with Crippen molar-refractivity contribution in [2.45, 2.75) is 43.4 Å². The summed E-state index contributed by atoms with van der Waals surface area (Å²) in [5.41, 5.74) is 0.440. The molecule has 0 unspecified atom stereocenters. The third-order valence-corrected chi connectivity index (χ3v) is 7.35. The van der Waals surface area contributed by atoms with Gasteiger partial charge < -0.3 is 4.90 Å². The molecule has 0 aliphatic carbocycles. The molecule has 0 spiro atoms. The number of nitrogens with zero attached hydrogens (tertiary/aromatic N) is 2. The first-order valence-corrected chi connectivity index (χ1v) is 10.8. The zero-order valence-electron chi connectivity index (χ0n) is 13.7. The summed E-state index contributed by atoms with van der Waals surface area (Å²) in [6.07, 6.45) is 6.04. The number of carbonyl (C=O) groups is 1. The summed E-state index contributed by atoms with van der Waals surface area (Å²) in [5, 5.41) is 0. The molecule has 0 radical (unpaired) electrons. The SMILES string of the molecule is O=C(c1cc(S(=O)(=O)N2CCCCC2)ccc1Br)N1CCCCC1. The lowest BCUT2D eigenvalue weighted by Gasteiger charge is -2.28. The van der Waals surface area contributed by atoms with Gasteiger partial charge in [-0.25, -0.2) is 8.42 Å². The summed E-state index contributed by atoms with van der Waals surface area (Å²) >= 11 is 3.40. The largest absolute Gasteiger partial charge is 0.339 e. The quantitative estimate of drug-likeness (QED) is 0.762. The van der Waals surface area contributed by atoms with E-state index in [1.165, 1.54) is 10.4 Å². The Morgan fingerprint density at radius 2 is 1.50 bits per heavy atom. The van der Waals surface area contributed by atoms with Gasteiger partial charge in [0.1, 0.15) is 0 Å². The summed E-state index contributed by atoms with van der Waals surface area (Å²) in [7, 11) is -3.52. The molecule has 2 aliphatic heterocycles. The lowest BCUT2D eigenvalue weighted by molar-refractivity contribution is 0.0723. The van der Waals surface area contributed by atoms with Crippen molar-refractivity contribution < 1.29 is 13.2 Å². The molecule has 1 aromatic rings. The molecule has 0 bridgehead atoms. The van der Waals surface area contributed by atoms with Gasteiger partial charge in [0.25, 0.3) is 5.91 Å². The number of halogens is 1. The smallest absolute Gasteiger partial charge is 0.255 e. The van der Waals surface area contributed by atoms with Crippen molar-refractivity contribution in [2.75, 3.05) is 26.2 Å². The monoisotopic (exact) mass is 414 g/mol. The Labute approximate surface area is 152 Å². The van der Waals surface area contributed by atoms with E-state index in [4.69, 9.17) is 0 Å². The van der Waals surface area contributed by atoms with Gasteiger partial charge in [0.05, 0.1) is 10.5 Å². The van der Waals surface area contributed by atoms with Crippen molar-refractivity contribution in [1.82, 2.24) is 9.21 Å². The van der Waals surface area contributed by atoms with Crippen molar-refractivity contribution >= 4 is 31.9 Å². The first-order valence-electron chi connectivity index (χ1n) is 8.59. The van der Waals surface area contributed by atoms with E-state index in [0.717, 1.165) is 51.6 Å². The molecular formula is C17H23BrN2O3S. The predicted molar refractivity (Wildman–Crippen MR) is 96.5 cm³/mol. The summed E-state index contributed by atoms with van der Waals surface area (Å²) in [5.74, 6) is -0.0859.